The van der Waals surface area contributed by atoms with E-state index in [0.29, 0.717) is 30.0 Å². The fourth-order valence-electron chi connectivity index (χ4n) is 4.48. The second-order valence-corrected chi connectivity index (χ2v) is 8.50. The lowest BCUT2D eigenvalue weighted by molar-refractivity contribution is -0.114. The van der Waals surface area contributed by atoms with Crippen molar-refractivity contribution in [2.24, 2.45) is 5.92 Å². The number of fused-ring (bicyclic) bond motifs is 1. The van der Waals surface area contributed by atoms with Crippen LogP contribution in [0.15, 0.2) is 54.9 Å². The predicted molar refractivity (Wildman–Crippen MR) is 125 cm³/mol. The first kappa shape index (κ1) is 21.2. The van der Waals surface area contributed by atoms with Gasteiger partial charge in [0.15, 0.2) is 0 Å². The highest BCUT2D eigenvalue weighted by molar-refractivity contribution is 5.97. The molecule has 3 aromatic heterocycles. The Bertz CT molecular complexity index is 1490. The van der Waals surface area contributed by atoms with Gasteiger partial charge >= 0.3 is 0 Å². The molecular weight excluding hydrogens is 428 g/mol. The summed E-state index contributed by atoms with van der Waals surface area (Å²) >= 11 is 0. The van der Waals surface area contributed by atoms with Crippen LogP contribution in [0, 0.1) is 28.6 Å². The zero-order chi connectivity index (χ0) is 23.7. The number of benzene rings is 1. The van der Waals surface area contributed by atoms with Crippen LogP contribution in [0.2, 0.25) is 0 Å². The number of hydrogen-bond acceptors (Lipinski definition) is 7. The fourth-order valence-corrected chi connectivity index (χ4v) is 4.48. The first-order valence-corrected chi connectivity index (χ1v) is 10.8. The van der Waals surface area contributed by atoms with Gasteiger partial charge in [0.2, 0.25) is 5.91 Å². The van der Waals surface area contributed by atoms with Crippen molar-refractivity contribution in [1.29, 1.82) is 10.5 Å². The highest BCUT2D eigenvalue weighted by Crippen LogP contribution is 2.45. The lowest BCUT2D eigenvalue weighted by Crippen LogP contribution is -2.47. The van der Waals surface area contributed by atoms with Crippen molar-refractivity contribution >= 4 is 22.6 Å². The molecule has 0 atom stereocenters. The molecule has 9 heteroatoms. The molecule has 34 heavy (non-hydrogen) atoms. The molecule has 1 aliphatic carbocycles. The Hall–Kier alpha value is -4.63. The Balaban J connectivity index is 1.60. The van der Waals surface area contributed by atoms with Crippen LogP contribution in [0.3, 0.4) is 0 Å². The van der Waals surface area contributed by atoms with Crippen molar-refractivity contribution in [2.75, 3.05) is 5.32 Å². The maximum atomic E-state index is 11.5. The number of nitriles is 2. The van der Waals surface area contributed by atoms with Crippen LogP contribution >= 0.6 is 0 Å². The standard InChI is InChI=1S/C25H20N8O/c1-16(34)30-24-6-2-5-21(31-24)18-10-20(19-4-3-9-28-22(19)11-18)23-15-29-33(32-23)25(7-8-26)12-17(13-25)14-27/h2-6,9-11,15,17H,7,12-13H2,1H3,(H,30,31,34). The highest BCUT2D eigenvalue weighted by Gasteiger charge is 2.48. The van der Waals surface area contributed by atoms with Crippen LogP contribution in [0.4, 0.5) is 5.82 Å². The van der Waals surface area contributed by atoms with Crippen LogP contribution in [-0.2, 0) is 10.3 Å². The summed E-state index contributed by atoms with van der Waals surface area (Å²) in [6.45, 7) is 1.44. The summed E-state index contributed by atoms with van der Waals surface area (Å²) < 4.78 is 0. The number of hydrogen-bond donors (Lipinski definition) is 1. The SMILES string of the molecule is CC(=O)Nc1cccc(-c2cc(-c3cnn(C4(CC#N)CC(C#N)C4)n3)c3cccnc3c2)n1. The number of aromatic nitrogens is 5. The summed E-state index contributed by atoms with van der Waals surface area (Å²) in [6.07, 6.45) is 4.79. The molecule has 9 nitrogen and oxygen atoms in total. The van der Waals surface area contributed by atoms with Crippen LogP contribution < -0.4 is 5.32 Å². The molecule has 4 aromatic rings. The number of pyridine rings is 2. The molecule has 166 valence electrons. The van der Waals surface area contributed by atoms with E-state index in [1.807, 2.05) is 36.4 Å². The Kier molecular flexibility index (Phi) is 5.23. The smallest absolute Gasteiger partial charge is 0.222 e. The topological polar surface area (TPSA) is 133 Å². The molecule has 1 fully saturated rings. The third-order valence-electron chi connectivity index (χ3n) is 6.11. The van der Waals surface area contributed by atoms with Crippen molar-refractivity contribution in [3.63, 3.8) is 0 Å². The van der Waals surface area contributed by atoms with Crippen LogP contribution in [0.1, 0.15) is 26.2 Å². The van der Waals surface area contributed by atoms with E-state index in [4.69, 9.17) is 5.10 Å². The van der Waals surface area contributed by atoms with Gasteiger partial charge in [0, 0.05) is 29.6 Å². The number of anilines is 1. The van der Waals surface area contributed by atoms with Gasteiger partial charge in [-0.25, -0.2) is 4.98 Å². The molecule has 0 spiro atoms. The molecule has 1 saturated carbocycles. The molecule has 1 aromatic carbocycles. The lowest BCUT2D eigenvalue weighted by atomic mass is 9.68. The Morgan fingerprint density at radius 1 is 1.21 bits per heavy atom. The monoisotopic (exact) mass is 448 g/mol. The molecule has 5 rings (SSSR count). The van der Waals surface area contributed by atoms with Crippen LogP contribution in [-0.4, -0.2) is 30.9 Å². The van der Waals surface area contributed by atoms with E-state index in [9.17, 15) is 15.3 Å². The Labute approximate surface area is 195 Å². The zero-order valence-corrected chi connectivity index (χ0v) is 18.4. The second-order valence-electron chi connectivity index (χ2n) is 8.50. The van der Waals surface area contributed by atoms with E-state index in [0.717, 1.165) is 22.0 Å². The Morgan fingerprint density at radius 3 is 2.82 bits per heavy atom. The number of rotatable bonds is 5. The second kappa shape index (κ2) is 8.38. The molecule has 1 N–H and O–H groups in total. The van der Waals surface area contributed by atoms with E-state index in [1.54, 1.807) is 23.3 Å². The van der Waals surface area contributed by atoms with Crippen LogP contribution in [0.5, 0.6) is 0 Å². The number of amides is 1. The molecule has 0 unspecified atom stereocenters. The third kappa shape index (κ3) is 3.74. The number of carbonyl (C=O) groups excluding carboxylic acids is 1. The van der Waals surface area contributed by atoms with Crippen molar-refractivity contribution in [3.8, 4) is 34.7 Å². The van der Waals surface area contributed by atoms with Crippen molar-refractivity contribution < 1.29 is 4.79 Å². The van der Waals surface area contributed by atoms with E-state index in [2.05, 4.69) is 32.5 Å². The summed E-state index contributed by atoms with van der Waals surface area (Å²) in [7, 11) is 0. The summed E-state index contributed by atoms with van der Waals surface area (Å²) in [5.41, 5.74) is 3.22. The maximum Gasteiger partial charge on any atom is 0.222 e. The molecule has 0 saturated heterocycles. The minimum Gasteiger partial charge on any atom is -0.311 e. The molecule has 0 bridgehead atoms. The van der Waals surface area contributed by atoms with E-state index in [-0.39, 0.29) is 18.2 Å². The molecule has 1 aliphatic rings. The number of carbonyl (C=O) groups is 1. The number of nitrogens with one attached hydrogen (secondary N) is 1. The van der Waals surface area contributed by atoms with Crippen molar-refractivity contribution in [1.82, 2.24) is 25.0 Å². The van der Waals surface area contributed by atoms with Crippen LogP contribution in [0.25, 0.3) is 33.4 Å². The summed E-state index contributed by atoms with van der Waals surface area (Å²) in [5.74, 6) is 0.190. The van der Waals surface area contributed by atoms with Gasteiger partial charge in [-0.15, -0.1) is 0 Å². The molecule has 0 radical (unpaired) electrons. The van der Waals surface area contributed by atoms with Gasteiger partial charge in [-0.2, -0.15) is 25.5 Å². The van der Waals surface area contributed by atoms with Gasteiger partial charge in [-0.1, -0.05) is 12.1 Å². The van der Waals surface area contributed by atoms with Crippen molar-refractivity contribution in [2.45, 2.75) is 31.7 Å². The maximum absolute atomic E-state index is 11.5. The molecule has 0 aliphatic heterocycles. The Morgan fingerprint density at radius 2 is 2.06 bits per heavy atom. The first-order chi connectivity index (χ1) is 16.5. The zero-order valence-electron chi connectivity index (χ0n) is 18.4. The quantitative estimate of drug-likeness (QED) is 0.487. The van der Waals surface area contributed by atoms with E-state index >= 15 is 0 Å². The average Bonchev–Trinajstić information content (AvgIpc) is 3.30. The van der Waals surface area contributed by atoms with Gasteiger partial charge in [0.05, 0.1) is 47.4 Å². The third-order valence-corrected chi connectivity index (χ3v) is 6.11. The molecule has 1 amide bonds. The fraction of sp³-hybridized carbons (Fsp3) is 0.240. The number of nitrogens with zero attached hydrogens (tertiary/aromatic N) is 7. The largest absolute Gasteiger partial charge is 0.311 e. The van der Waals surface area contributed by atoms with Gasteiger partial charge in [-0.3, -0.25) is 9.78 Å². The summed E-state index contributed by atoms with van der Waals surface area (Å²) in [5, 5.41) is 31.4. The van der Waals surface area contributed by atoms with Gasteiger partial charge < -0.3 is 5.32 Å². The molecular formula is C25H20N8O. The minimum absolute atomic E-state index is 0.0851. The minimum atomic E-state index is -0.548. The summed E-state index contributed by atoms with van der Waals surface area (Å²) in [4.78, 5) is 22.2. The average molecular weight is 448 g/mol. The van der Waals surface area contributed by atoms with E-state index < -0.39 is 5.54 Å². The normalized spacial score (nSPS) is 19.1. The van der Waals surface area contributed by atoms with Gasteiger partial charge in [0.1, 0.15) is 11.5 Å². The predicted octanol–water partition coefficient (Wildman–Crippen LogP) is 4.06. The highest BCUT2D eigenvalue weighted by atomic mass is 16.1. The van der Waals surface area contributed by atoms with Crippen molar-refractivity contribution in [3.05, 3.63) is 54.9 Å². The lowest BCUT2D eigenvalue weighted by Gasteiger charge is -2.42. The molecule has 3 heterocycles. The first-order valence-electron chi connectivity index (χ1n) is 10.8. The van der Waals surface area contributed by atoms with E-state index in [1.165, 1.54) is 6.92 Å². The van der Waals surface area contributed by atoms with Gasteiger partial charge in [-0.05, 0) is 43.2 Å². The van der Waals surface area contributed by atoms with Gasteiger partial charge in [0.25, 0.3) is 0 Å². The summed E-state index contributed by atoms with van der Waals surface area (Å²) in [6, 6.07) is 17.7.